The third-order valence-corrected chi connectivity index (χ3v) is 3.83. The molecule has 0 aromatic rings. The van der Waals surface area contributed by atoms with Gasteiger partial charge in [-0.1, -0.05) is 19.8 Å². The SMILES string of the molecule is CCC1(OCNCCC(N)CCO)CCCC1. The minimum Gasteiger partial charge on any atom is -0.396 e. The Morgan fingerprint density at radius 1 is 1.35 bits per heavy atom. The molecule has 0 radical (unpaired) electrons. The Morgan fingerprint density at radius 3 is 2.65 bits per heavy atom. The lowest BCUT2D eigenvalue weighted by atomic mass is 9.99. The van der Waals surface area contributed by atoms with Gasteiger partial charge in [0, 0.05) is 12.6 Å². The van der Waals surface area contributed by atoms with Crippen molar-refractivity contribution in [2.24, 2.45) is 5.73 Å². The summed E-state index contributed by atoms with van der Waals surface area (Å²) in [6, 6.07) is 0.0964. The van der Waals surface area contributed by atoms with Crippen molar-refractivity contribution in [3.8, 4) is 0 Å². The average molecular weight is 244 g/mol. The van der Waals surface area contributed by atoms with Crippen LogP contribution >= 0.6 is 0 Å². The summed E-state index contributed by atoms with van der Waals surface area (Å²) in [4.78, 5) is 0. The number of hydrogen-bond acceptors (Lipinski definition) is 4. The third-order valence-electron chi connectivity index (χ3n) is 3.83. The van der Waals surface area contributed by atoms with Crippen LogP contribution in [-0.2, 0) is 4.74 Å². The Bertz CT molecular complexity index is 194. The first-order chi connectivity index (χ1) is 8.22. The molecule has 0 spiro atoms. The van der Waals surface area contributed by atoms with Crippen LogP contribution in [0.15, 0.2) is 0 Å². The van der Waals surface area contributed by atoms with E-state index in [-0.39, 0.29) is 18.2 Å². The van der Waals surface area contributed by atoms with E-state index in [9.17, 15) is 0 Å². The van der Waals surface area contributed by atoms with Crippen LogP contribution in [0.4, 0.5) is 0 Å². The van der Waals surface area contributed by atoms with E-state index in [1.54, 1.807) is 0 Å². The third kappa shape index (κ3) is 5.34. The van der Waals surface area contributed by atoms with E-state index in [0.29, 0.717) is 13.2 Å². The molecule has 1 aliphatic carbocycles. The van der Waals surface area contributed by atoms with Crippen molar-refractivity contribution >= 4 is 0 Å². The largest absolute Gasteiger partial charge is 0.396 e. The first-order valence-corrected chi connectivity index (χ1v) is 6.93. The number of rotatable bonds is 9. The molecule has 1 atom stereocenters. The molecule has 1 saturated carbocycles. The first-order valence-electron chi connectivity index (χ1n) is 6.93. The number of aliphatic hydroxyl groups excluding tert-OH is 1. The molecule has 1 fully saturated rings. The van der Waals surface area contributed by atoms with Gasteiger partial charge in [-0.2, -0.15) is 0 Å². The van der Waals surface area contributed by atoms with Crippen LogP contribution in [0.25, 0.3) is 0 Å². The van der Waals surface area contributed by atoms with Gasteiger partial charge in [-0.25, -0.2) is 0 Å². The second-order valence-electron chi connectivity index (χ2n) is 5.09. The number of ether oxygens (including phenoxy) is 1. The van der Waals surface area contributed by atoms with Gasteiger partial charge in [0.25, 0.3) is 0 Å². The van der Waals surface area contributed by atoms with Gasteiger partial charge < -0.3 is 15.6 Å². The lowest BCUT2D eigenvalue weighted by molar-refractivity contribution is -0.0518. The molecule has 4 heteroatoms. The van der Waals surface area contributed by atoms with Crippen LogP contribution in [0, 0.1) is 0 Å². The fourth-order valence-electron chi connectivity index (χ4n) is 2.49. The van der Waals surface area contributed by atoms with Crippen molar-refractivity contribution in [2.75, 3.05) is 19.9 Å². The summed E-state index contributed by atoms with van der Waals surface area (Å²) in [7, 11) is 0. The second kappa shape index (κ2) is 8.03. The topological polar surface area (TPSA) is 67.5 Å². The van der Waals surface area contributed by atoms with Gasteiger partial charge in [-0.05, 0) is 38.6 Å². The lowest BCUT2D eigenvalue weighted by Gasteiger charge is -2.28. The predicted molar refractivity (Wildman–Crippen MR) is 69.7 cm³/mol. The highest BCUT2D eigenvalue weighted by molar-refractivity contribution is 4.84. The number of hydrogen-bond donors (Lipinski definition) is 3. The predicted octanol–water partition coefficient (Wildman–Crippen LogP) is 1.37. The Balaban J connectivity index is 2.03. The second-order valence-corrected chi connectivity index (χ2v) is 5.09. The zero-order chi connectivity index (χ0) is 12.6. The molecule has 4 N–H and O–H groups in total. The Hall–Kier alpha value is -0.160. The monoisotopic (exact) mass is 244 g/mol. The first kappa shape index (κ1) is 14.9. The number of nitrogens with two attached hydrogens (primary N) is 1. The van der Waals surface area contributed by atoms with Gasteiger partial charge in [0.15, 0.2) is 0 Å². The Kier molecular flexibility index (Phi) is 7.04. The van der Waals surface area contributed by atoms with Crippen molar-refractivity contribution in [2.45, 2.75) is 63.5 Å². The maximum Gasteiger partial charge on any atom is 0.0972 e. The summed E-state index contributed by atoms with van der Waals surface area (Å²) in [6.07, 6.45) is 7.69. The lowest BCUT2D eigenvalue weighted by Crippen LogP contribution is -2.34. The van der Waals surface area contributed by atoms with Crippen molar-refractivity contribution in [3.63, 3.8) is 0 Å². The number of aliphatic hydroxyl groups is 1. The zero-order valence-electron chi connectivity index (χ0n) is 11.1. The van der Waals surface area contributed by atoms with Crippen molar-refractivity contribution in [1.82, 2.24) is 5.32 Å². The van der Waals surface area contributed by atoms with Crippen LogP contribution in [0.5, 0.6) is 0 Å². The molecule has 1 aliphatic rings. The van der Waals surface area contributed by atoms with E-state index in [1.807, 2.05) is 0 Å². The van der Waals surface area contributed by atoms with Crippen LogP contribution in [0.1, 0.15) is 51.9 Å². The fraction of sp³-hybridized carbons (Fsp3) is 1.00. The fourth-order valence-corrected chi connectivity index (χ4v) is 2.49. The number of nitrogens with one attached hydrogen (secondary N) is 1. The summed E-state index contributed by atoms with van der Waals surface area (Å²) >= 11 is 0. The van der Waals surface area contributed by atoms with Crippen LogP contribution < -0.4 is 11.1 Å². The standard InChI is InChI=1S/C13H28N2O2/c1-2-13(7-3-4-8-13)17-11-15-9-5-12(14)6-10-16/h12,15-16H,2-11,14H2,1H3. The van der Waals surface area contributed by atoms with Gasteiger partial charge in [-0.3, -0.25) is 5.32 Å². The van der Waals surface area contributed by atoms with Gasteiger partial charge in [0.2, 0.25) is 0 Å². The molecule has 1 rings (SSSR count). The Labute approximate surface area is 105 Å². The van der Waals surface area contributed by atoms with Crippen molar-refractivity contribution in [3.05, 3.63) is 0 Å². The van der Waals surface area contributed by atoms with Gasteiger partial charge in [0.1, 0.15) is 0 Å². The summed E-state index contributed by atoms with van der Waals surface area (Å²) in [6.45, 7) is 3.87. The van der Waals surface area contributed by atoms with E-state index in [1.165, 1.54) is 25.7 Å². The average Bonchev–Trinajstić information content (AvgIpc) is 2.78. The molecule has 4 nitrogen and oxygen atoms in total. The van der Waals surface area contributed by atoms with Crippen LogP contribution in [0.2, 0.25) is 0 Å². The summed E-state index contributed by atoms with van der Waals surface area (Å²) < 4.78 is 5.98. The molecule has 0 aromatic heterocycles. The minimum absolute atomic E-state index is 0.0964. The zero-order valence-corrected chi connectivity index (χ0v) is 11.1. The molecule has 0 aromatic carbocycles. The smallest absolute Gasteiger partial charge is 0.0972 e. The quantitative estimate of drug-likeness (QED) is 0.423. The van der Waals surface area contributed by atoms with E-state index in [4.69, 9.17) is 15.6 Å². The molecular weight excluding hydrogens is 216 g/mol. The van der Waals surface area contributed by atoms with Gasteiger partial charge in [-0.15, -0.1) is 0 Å². The highest BCUT2D eigenvalue weighted by atomic mass is 16.5. The summed E-state index contributed by atoms with van der Waals surface area (Å²) in [5.41, 5.74) is 5.94. The maximum absolute atomic E-state index is 8.72. The summed E-state index contributed by atoms with van der Waals surface area (Å²) in [5, 5.41) is 12.0. The molecule has 102 valence electrons. The molecule has 0 saturated heterocycles. The van der Waals surface area contributed by atoms with Gasteiger partial charge >= 0.3 is 0 Å². The normalized spacial score (nSPS) is 20.6. The molecule has 0 bridgehead atoms. The van der Waals surface area contributed by atoms with Crippen molar-refractivity contribution < 1.29 is 9.84 Å². The highest BCUT2D eigenvalue weighted by Gasteiger charge is 2.32. The van der Waals surface area contributed by atoms with E-state index < -0.39 is 0 Å². The van der Waals surface area contributed by atoms with Crippen molar-refractivity contribution in [1.29, 1.82) is 0 Å². The Morgan fingerprint density at radius 2 is 2.06 bits per heavy atom. The van der Waals surface area contributed by atoms with E-state index in [2.05, 4.69) is 12.2 Å². The van der Waals surface area contributed by atoms with E-state index >= 15 is 0 Å². The molecule has 1 unspecified atom stereocenters. The maximum atomic E-state index is 8.72. The molecule has 0 aliphatic heterocycles. The van der Waals surface area contributed by atoms with Crippen LogP contribution in [-0.4, -0.2) is 36.6 Å². The van der Waals surface area contributed by atoms with E-state index in [0.717, 1.165) is 19.4 Å². The molecular formula is C13H28N2O2. The molecule has 17 heavy (non-hydrogen) atoms. The molecule has 0 heterocycles. The molecule has 0 amide bonds. The van der Waals surface area contributed by atoms with Crippen LogP contribution in [0.3, 0.4) is 0 Å². The van der Waals surface area contributed by atoms with Gasteiger partial charge in [0.05, 0.1) is 12.3 Å². The summed E-state index contributed by atoms with van der Waals surface area (Å²) in [5.74, 6) is 0. The highest BCUT2D eigenvalue weighted by Crippen LogP contribution is 2.35. The minimum atomic E-state index is 0.0964.